The third-order valence-electron chi connectivity index (χ3n) is 2.86. The molecule has 0 aliphatic rings. The standard InChI is InChI=1S/C13H11ClF2N2O2/c1-6-9(15)3-8(4-10(6)16)7(2)17-12(19)11-5-20-13(14)18-11/h3-5,7H,1-2H3,(H,17,19). The maximum atomic E-state index is 13.5. The second kappa shape index (κ2) is 5.58. The minimum Gasteiger partial charge on any atom is -0.435 e. The Morgan fingerprint density at radius 1 is 1.40 bits per heavy atom. The highest BCUT2D eigenvalue weighted by Gasteiger charge is 2.17. The average molecular weight is 301 g/mol. The molecule has 2 aromatic rings. The van der Waals surface area contributed by atoms with Crippen LogP contribution in [0.25, 0.3) is 0 Å². The molecule has 106 valence electrons. The van der Waals surface area contributed by atoms with Crippen LogP contribution in [0.2, 0.25) is 5.35 Å². The fourth-order valence-corrected chi connectivity index (χ4v) is 1.76. The highest BCUT2D eigenvalue weighted by Crippen LogP contribution is 2.20. The third kappa shape index (κ3) is 2.96. The Labute approximate surface area is 118 Å². The van der Waals surface area contributed by atoms with Crippen LogP contribution in [0.4, 0.5) is 8.78 Å². The van der Waals surface area contributed by atoms with Crippen LogP contribution < -0.4 is 5.32 Å². The van der Waals surface area contributed by atoms with Gasteiger partial charge in [0, 0.05) is 5.56 Å². The first kappa shape index (κ1) is 14.5. The van der Waals surface area contributed by atoms with Crippen LogP contribution in [0.15, 0.2) is 22.8 Å². The number of hydrogen-bond donors (Lipinski definition) is 1. The van der Waals surface area contributed by atoms with E-state index in [0.717, 1.165) is 6.26 Å². The molecule has 4 nitrogen and oxygen atoms in total. The van der Waals surface area contributed by atoms with Gasteiger partial charge in [-0.3, -0.25) is 4.79 Å². The molecule has 0 radical (unpaired) electrons. The molecule has 0 saturated carbocycles. The molecule has 20 heavy (non-hydrogen) atoms. The summed E-state index contributed by atoms with van der Waals surface area (Å²) >= 11 is 5.46. The van der Waals surface area contributed by atoms with Crippen molar-refractivity contribution in [2.24, 2.45) is 0 Å². The van der Waals surface area contributed by atoms with E-state index in [-0.39, 0.29) is 16.6 Å². The molecule has 0 saturated heterocycles. The van der Waals surface area contributed by atoms with Crippen LogP contribution in [0.1, 0.15) is 34.6 Å². The molecule has 1 unspecified atom stereocenters. The van der Waals surface area contributed by atoms with Crippen molar-refractivity contribution >= 4 is 17.5 Å². The van der Waals surface area contributed by atoms with Gasteiger partial charge >= 0.3 is 0 Å². The van der Waals surface area contributed by atoms with Crippen LogP contribution in [-0.4, -0.2) is 10.9 Å². The Hall–Kier alpha value is -1.95. The van der Waals surface area contributed by atoms with E-state index in [1.807, 2.05) is 0 Å². The SMILES string of the molecule is Cc1c(F)cc(C(C)NC(=O)c2coc(Cl)n2)cc1F. The smallest absolute Gasteiger partial charge is 0.292 e. The van der Waals surface area contributed by atoms with E-state index in [2.05, 4.69) is 10.3 Å². The number of carbonyl (C=O) groups excluding carboxylic acids is 1. The number of oxazole rings is 1. The van der Waals surface area contributed by atoms with Crippen molar-refractivity contribution in [1.29, 1.82) is 0 Å². The van der Waals surface area contributed by atoms with Gasteiger partial charge in [0.05, 0.1) is 6.04 Å². The first-order valence-electron chi connectivity index (χ1n) is 5.76. The third-order valence-corrected chi connectivity index (χ3v) is 3.03. The molecule has 1 N–H and O–H groups in total. The molecule has 1 amide bonds. The fourth-order valence-electron chi connectivity index (χ4n) is 1.62. The molecule has 1 aromatic heterocycles. The van der Waals surface area contributed by atoms with Crippen LogP contribution in [-0.2, 0) is 0 Å². The van der Waals surface area contributed by atoms with Crippen molar-refractivity contribution in [3.63, 3.8) is 0 Å². The number of carbonyl (C=O) groups is 1. The first-order valence-corrected chi connectivity index (χ1v) is 6.13. The monoisotopic (exact) mass is 300 g/mol. The molecule has 0 spiro atoms. The van der Waals surface area contributed by atoms with Gasteiger partial charge in [0.15, 0.2) is 5.69 Å². The van der Waals surface area contributed by atoms with Crippen molar-refractivity contribution in [3.05, 3.63) is 52.2 Å². The summed E-state index contributed by atoms with van der Waals surface area (Å²) in [5, 5.41) is 2.39. The average Bonchev–Trinajstić information content (AvgIpc) is 2.82. The summed E-state index contributed by atoms with van der Waals surface area (Å²) in [5.41, 5.74) is 0.249. The largest absolute Gasteiger partial charge is 0.435 e. The Morgan fingerprint density at radius 2 is 2.00 bits per heavy atom. The zero-order chi connectivity index (χ0) is 14.9. The van der Waals surface area contributed by atoms with Gasteiger partial charge in [0.1, 0.15) is 17.9 Å². The molecule has 0 fully saturated rings. The number of halogens is 3. The molecular formula is C13H11ClF2N2O2. The highest BCUT2D eigenvalue weighted by molar-refractivity contribution is 6.27. The lowest BCUT2D eigenvalue weighted by Crippen LogP contribution is -2.27. The summed E-state index contributed by atoms with van der Waals surface area (Å²) in [5.74, 6) is -1.87. The van der Waals surface area contributed by atoms with Gasteiger partial charge in [-0.1, -0.05) is 0 Å². The summed E-state index contributed by atoms with van der Waals surface area (Å²) in [4.78, 5) is 15.4. The second-order valence-corrected chi connectivity index (χ2v) is 4.61. The molecule has 0 aliphatic heterocycles. The topological polar surface area (TPSA) is 55.1 Å². The van der Waals surface area contributed by atoms with Crippen LogP contribution in [0.3, 0.4) is 0 Å². The van der Waals surface area contributed by atoms with Gasteiger partial charge in [0.2, 0.25) is 0 Å². The number of rotatable bonds is 3. The molecule has 7 heteroatoms. The van der Waals surface area contributed by atoms with Crippen molar-refractivity contribution in [3.8, 4) is 0 Å². The molecule has 1 atom stereocenters. The molecular weight excluding hydrogens is 290 g/mol. The molecule has 0 bridgehead atoms. The molecule has 0 aliphatic carbocycles. The maximum Gasteiger partial charge on any atom is 0.292 e. The molecule has 1 aromatic carbocycles. The summed E-state index contributed by atoms with van der Waals surface area (Å²) in [6.07, 6.45) is 1.10. The van der Waals surface area contributed by atoms with E-state index < -0.39 is 23.6 Å². The van der Waals surface area contributed by atoms with Crippen LogP contribution in [0, 0.1) is 18.6 Å². The lowest BCUT2D eigenvalue weighted by Gasteiger charge is -2.14. The van der Waals surface area contributed by atoms with E-state index >= 15 is 0 Å². The van der Waals surface area contributed by atoms with E-state index in [4.69, 9.17) is 16.0 Å². The van der Waals surface area contributed by atoms with E-state index in [0.29, 0.717) is 5.56 Å². The zero-order valence-corrected chi connectivity index (χ0v) is 11.5. The summed E-state index contributed by atoms with van der Waals surface area (Å²) < 4.78 is 31.6. The minimum atomic E-state index is -0.662. The van der Waals surface area contributed by atoms with Gasteiger partial charge in [0.25, 0.3) is 11.3 Å². The Balaban J connectivity index is 2.16. The predicted molar refractivity (Wildman–Crippen MR) is 68.5 cm³/mol. The van der Waals surface area contributed by atoms with Crippen molar-refractivity contribution in [1.82, 2.24) is 10.3 Å². The molecule has 2 rings (SSSR count). The minimum absolute atomic E-state index is 0.00472. The van der Waals surface area contributed by atoms with Crippen molar-refractivity contribution in [2.75, 3.05) is 0 Å². The lowest BCUT2D eigenvalue weighted by molar-refractivity contribution is 0.0934. The summed E-state index contributed by atoms with van der Waals surface area (Å²) in [6, 6.07) is 1.76. The number of aromatic nitrogens is 1. The second-order valence-electron chi connectivity index (χ2n) is 4.29. The number of hydrogen-bond acceptors (Lipinski definition) is 3. The summed E-state index contributed by atoms with van der Waals surface area (Å²) in [6.45, 7) is 2.94. The summed E-state index contributed by atoms with van der Waals surface area (Å²) in [7, 11) is 0. The highest BCUT2D eigenvalue weighted by atomic mass is 35.5. The van der Waals surface area contributed by atoms with E-state index in [9.17, 15) is 13.6 Å². The maximum absolute atomic E-state index is 13.5. The predicted octanol–water partition coefficient (Wildman–Crippen LogP) is 3.41. The van der Waals surface area contributed by atoms with Crippen LogP contribution >= 0.6 is 11.6 Å². The molecule has 1 heterocycles. The van der Waals surface area contributed by atoms with Crippen LogP contribution in [0.5, 0.6) is 0 Å². The van der Waals surface area contributed by atoms with E-state index in [1.54, 1.807) is 6.92 Å². The Kier molecular flexibility index (Phi) is 4.04. The number of nitrogens with zero attached hydrogens (tertiary/aromatic N) is 1. The van der Waals surface area contributed by atoms with E-state index in [1.165, 1.54) is 19.1 Å². The van der Waals surface area contributed by atoms with Gasteiger partial charge in [-0.15, -0.1) is 0 Å². The van der Waals surface area contributed by atoms with Crippen molar-refractivity contribution in [2.45, 2.75) is 19.9 Å². The Morgan fingerprint density at radius 3 is 2.50 bits per heavy atom. The lowest BCUT2D eigenvalue weighted by atomic mass is 10.1. The first-order chi connectivity index (χ1) is 9.38. The number of benzene rings is 1. The number of amides is 1. The number of nitrogens with one attached hydrogen (secondary N) is 1. The van der Waals surface area contributed by atoms with Crippen molar-refractivity contribution < 1.29 is 18.0 Å². The van der Waals surface area contributed by atoms with Gasteiger partial charge < -0.3 is 9.73 Å². The van der Waals surface area contributed by atoms with Gasteiger partial charge in [-0.25, -0.2) is 8.78 Å². The van der Waals surface area contributed by atoms with Gasteiger partial charge in [-0.05, 0) is 43.1 Å². The fraction of sp³-hybridized carbons (Fsp3) is 0.231. The van der Waals surface area contributed by atoms with Gasteiger partial charge in [-0.2, -0.15) is 4.98 Å². The quantitative estimate of drug-likeness (QED) is 0.945. The zero-order valence-electron chi connectivity index (χ0n) is 10.7. The normalized spacial score (nSPS) is 12.2. The Bertz CT molecular complexity index is 635.